The van der Waals surface area contributed by atoms with Crippen LogP contribution in [0.25, 0.3) is 0 Å². The summed E-state index contributed by atoms with van der Waals surface area (Å²) in [5.74, 6) is 0. The van der Waals surface area contributed by atoms with Gasteiger partial charge in [0.15, 0.2) is 0 Å². The second kappa shape index (κ2) is 3.93. The Morgan fingerprint density at radius 1 is 1.89 bits per heavy atom. The van der Waals surface area contributed by atoms with Crippen molar-refractivity contribution in [2.24, 2.45) is 10.9 Å². The zero-order chi connectivity index (χ0) is 5.98. The Morgan fingerprint density at radius 2 is 2.56 bits per heavy atom. The van der Waals surface area contributed by atoms with E-state index in [-0.39, 0.29) is 18.5 Å². The predicted octanol–water partition coefficient (Wildman–Crippen LogP) is 0.708. The summed E-state index contributed by atoms with van der Waals surface area (Å²) in [4.78, 5) is 4.75. The fourth-order valence-corrected chi connectivity index (χ4v) is 0.732. The molecule has 0 spiro atoms. The number of hydrogen-bond acceptors (Lipinski definition) is 3. The molecule has 2 N–H and O–H groups in total. The van der Waals surface area contributed by atoms with E-state index in [0.717, 1.165) is 0 Å². The summed E-state index contributed by atoms with van der Waals surface area (Å²) >= 11 is 5.46. The summed E-state index contributed by atoms with van der Waals surface area (Å²) < 4.78 is 0. The van der Waals surface area contributed by atoms with E-state index < -0.39 is 0 Å². The predicted molar refractivity (Wildman–Crippen MR) is 39.1 cm³/mol. The van der Waals surface area contributed by atoms with Gasteiger partial charge in [0.2, 0.25) is 0 Å². The lowest BCUT2D eigenvalue weighted by molar-refractivity contribution is 0.0919. The Hall–Kier alpha value is 0.01000. The van der Waals surface area contributed by atoms with E-state index in [1.807, 2.05) is 0 Å². The number of rotatable bonds is 1. The summed E-state index contributed by atoms with van der Waals surface area (Å²) in [5, 5.41) is 4.00. The molecule has 3 nitrogen and oxygen atoms in total. The molecule has 1 rings (SSSR count). The summed E-state index contributed by atoms with van der Waals surface area (Å²) in [6, 6.07) is 0. The Kier molecular flexibility index (Phi) is 3.93. The molecule has 54 valence electrons. The van der Waals surface area contributed by atoms with E-state index >= 15 is 0 Å². The van der Waals surface area contributed by atoms with Crippen molar-refractivity contribution >= 4 is 29.2 Å². The van der Waals surface area contributed by atoms with Crippen molar-refractivity contribution in [3.05, 3.63) is 0 Å². The number of hydrogen-bond donors (Lipinski definition) is 1. The molecule has 1 aliphatic heterocycles. The van der Waals surface area contributed by atoms with Crippen LogP contribution in [0.4, 0.5) is 0 Å². The van der Waals surface area contributed by atoms with Crippen molar-refractivity contribution < 1.29 is 4.84 Å². The molecular formula is C4H8Cl2N2O. The lowest BCUT2D eigenvalue weighted by Crippen LogP contribution is -2.19. The van der Waals surface area contributed by atoms with E-state index in [1.54, 1.807) is 0 Å². The van der Waals surface area contributed by atoms with E-state index in [0.29, 0.717) is 18.1 Å². The number of halogens is 2. The minimum Gasteiger partial charge on any atom is -0.390 e. The van der Waals surface area contributed by atoms with Gasteiger partial charge in [-0.05, 0) is 0 Å². The molecular weight excluding hydrogens is 163 g/mol. The molecule has 1 heterocycles. The lowest BCUT2D eigenvalue weighted by atomic mass is 10.3. The van der Waals surface area contributed by atoms with Gasteiger partial charge in [0.05, 0.1) is 0 Å². The zero-order valence-electron chi connectivity index (χ0n) is 4.71. The highest BCUT2D eigenvalue weighted by Gasteiger charge is 2.16. The topological polar surface area (TPSA) is 47.6 Å². The van der Waals surface area contributed by atoms with Crippen LogP contribution in [-0.2, 0) is 4.84 Å². The maximum Gasteiger partial charge on any atom is 0.149 e. The standard InChI is InChI=1S/C4H7ClN2O.ClH/c5-4-1-3(2-6)8-7-4;/h3H,1-2,6H2;1H. The van der Waals surface area contributed by atoms with Crippen LogP contribution in [0.5, 0.6) is 0 Å². The van der Waals surface area contributed by atoms with Crippen molar-refractivity contribution in [1.29, 1.82) is 0 Å². The third kappa shape index (κ3) is 2.39. The van der Waals surface area contributed by atoms with Crippen LogP contribution in [0.15, 0.2) is 5.16 Å². The highest BCUT2D eigenvalue weighted by Crippen LogP contribution is 2.10. The van der Waals surface area contributed by atoms with Crippen LogP contribution in [0, 0.1) is 0 Å². The van der Waals surface area contributed by atoms with Gasteiger partial charge in [0.25, 0.3) is 0 Å². The first-order valence-electron chi connectivity index (χ1n) is 2.41. The van der Waals surface area contributed by atoms with Crippen molar-refractivity contribution in [1.82, 2.24) is 0 Å². The first-order chi connectivity index (χ1) is 3.83. The van der Waals surface area contributed by atoms with Gasteiger partial charge in [-0.1, -0.05) is 16.8 Å². The molecule has 1 atom stereocenters. The number of oxime groups is 1. The molecule has 0 saturated heterocycles. The summed E-state index contributed by atoms with van der Waals surface area (Å²) in [6.45, 7) is 0.486. The first kappa shape index (κ1) is 9.01. The highest BCUT2D eigenvalue weighted by molar-refractivity contribution is 6.65. The molecule has 1 aliphatic rings. The minimum absolute atomic E-state index is 0. The van der Waals surface area contributed by atoms with Crippen LogP contribution >= 0.6 is 24.0 Å². The average molecular weight is 171 g/mol. The Bertz CT molecular complexity index is 117. The van der Waals surface area contributed by atoms with E-state index in [9.17, 15) is 0 Å². The van der Waals surface area contributed by atoms with Crippen molar-refractivity contribution in [2.75, 3.05) is 6.54 Å². The Labute approximate surface area is 64.6 Å². The molecule has 0 fully saturated rings. The summed E-state index contributed by atoms with van der Waals surface area (Å²) in [6.07, 6.45) is 0.681. The van der Waals surface area contributed by atoms with Gasteiger partial charge in [-0.25, -0.2) is 0 Å². The third-order valence-corrected chi connectivity index (χ3v) is 1.18. The fraction of sp³-hybridized carbons (Fsp3) is 0.750. The number of nitrogens with zero attached hydrogens (tertiary/aromatic N) is 1. The molecule has 0 aromatic heterocycles. The van der Waals surface area contributed by atoms with Gasteiger partial charge >= 0.3 is 0 Å². The fourth-order valence-electron chi connectivity index (χ4n) is 0.520. The van der Waals surface area contributed by atoms with Gasteiger partial charge in [-0.15, -0.1) is 12.4 Å². The Balaban J connectivity index is 0.000000640. The van der Waals surface area contributed by atoms with Gasteiger partial charge in [0, 0.05) is 13.0 Å². The zero-order valence-corrected chi connectivity index (χ0v) is 6.28. The molecule has 0 aromatic carbocycles. The molecule has 1 unspecified atom stereocenters. The van der Waals surface area contributed by atoms with Crippen LogP contribution in [0.1, 0.15) is 6.42 Å². The maximum absolute atomic E-state index is 5.46. The molecule has 0 aliphatic carbocycles. The summed E-state index contributed by atoms with van der Waals surface area (Å²) in [7, 11) is 0. The maximum atomic E-state index is 5.46. The van der Waals surface area contributed by atoms with E-state index in [2.05, 4.69) is 5.16 Å². The molecule has 0 saturated carbocycles. The molecule has 0 amide bonds. The molecule has 0 bridgehead atoms. The molecule has 9 heavy (non-hydrogen) atoms. The van der Waals surface area contributed by atoms with Crippen molar-refractivity contribution in [3.63, 3.8) is 0 Å². The van der Waals surface area contributed by atoms with Gasteiger partial charge in [-0.2, -0.15) is 0 Å². The van der Waals surface area contributed by atoms with Crippen molar-refractivity contribution in [3.8, 4) is 0 Å². The lowest BCUT2D eigenvalue weighted by Gasteiger charge is -1.99. The average Bonchev–Trinajstić information content (AvgIpc) is 2.14. The normalized spacial score (nSPS) is 24.2. The van der Waals surface area contributed by atoms with Crippen LogP contribution in [0.2, 0.25) is 0 Å². The summed E-state index contributed by atoms with van der Waals surface area (Å²) in [5.41, 5.74) is 5.24. The smallest absolute Gasteiger partial charge is 0.149 e. The SMILES string of the molecule is Cl.NCC1CC(Cl)=NO1. The first-order valence-corrected chi connectivity index (χ1v) is 2.79. The van der Waals surface area contributed by atoms with E-state index in [1.165, 1.54) is 0 Å². The third-order valence-electron chi connectivity index (χ3n) is 0.960. The molecule has 0 radical (unpaired) electrons. The minimum atomic E-state index is 0. The van der Waals surface area contributed by atoms with Crippen molar-refractivity contribution in [2.45, 2.75) is 12.5 Å². The highest BCUT2D eigenvalue weighted by atomic mass is 35.5. The molecule has 5 heteroatoms. The second-order valence-corrected chi connectivity index (χ2v) is 2.07. The molecule has 0 aromatic rings. The number of nitrogens with two attached hydrogens (primary N) is 1. The van der Waals surface area contributed by atoms with E-state index in [4.69, 9.17) is 22.2 Å². The second-order valence-electron chi connectivity index (χ2n) is 1.63. The van der Waals surface area contributed by atoms with Crippen LogP contribution in [0.3, 0.4) is 0 Å². The Morgan fingerprint density at radius 3 is 2.78 bits per heavy atom. The van der Waals surface area contributed by atoms with Gasteiger partial charge in [0.1, 0.15) is 11.3 Å². The van der Waals surface area contributed by atoms with Crippen LogP contribution in [-0.4, -0.2) is 17.8 Å². The van der Waals surface area contributed by atoms with Gasteiger partial charge < -0.3 is 10.6 Å². The largest absolute Gasteiger partial charge is 0.390 e. The van der Waals surface area contributed by atoms with Gasteiger partial charge in [-0.3, -0.25) is 0 Å². The monoisotopic (exact) mass is 170 g/mol. The van der Waals surface area contributed by atoms with Crippen LogP contribution < -0.4 is 5.73 Å². The quantitative estimate of drug-likeness (QED) is 0.631.